The van der Waals surface area contributed by atoms with E-state index in [9.17, 15) is 62.7 Å². The number of rotatable bonds is 4. The van der Waals surface area contributed by atoms with Crippen molar-refractivity contribution < 1.29 is 77.6 Å². The number of benzene rings is 2. The predicted molar refractivity (Wildman–Crippen MR) is 90.8 cm³/mol. The summed E-state index contributed by atoms with van der Waals surface area (Å²) in [5.74, 6) is -3.39. The number of carbonyl (C=O) groups excluding carboxylic acids is 1. The van der Waals surface area contributed by atoms with Crippen molar-refractivity contribution in [2.24, 2.45) is 0 Å². The standard InChI is InChI=1S/C20H7F12NO2.Cu/c21-17(22,23)10-1-8(2-11(5-10)18(24,25)26)15(34)14(7-33)16(35)9-3-12(19(27,28)29)6-13(4-9)20(30,31)32;/h1-6,34H;/q;+1/p-1/b15-14-;. The Labute approximate surface area is 201 Å². The van der Waals surface area contributed by atoms with Crippen LogP contribution in [0.2, 0.25) is 0 Å². The normalized spacial score (nSPS) is 13.7. The number of carbonyl (C=O) groups is 1. The Bertz CT molecular complexity index is 1180. The molecule has 0 spiro atoms. The van der Waals surface area contributed by atoms with Crippen LogP contribution >= 0.6 is 0 Å². The average Bonchev–Trinajstić information content (AvgIpc) is 2.73. The number of ketones is 1. The van der Waals surface area contributed by atoms with Gasteiger partial charge in [0.1, 0.15) is 0 Å². The Balaban J connectivity index is 2.86. The third-order valence-electron chi connectivity index (χ3n) is 4.33. The summed E-state index contributed by atoms with van der Waals surface area (Å²) in [5.41, 5.74) is -12.0. The Hall–Kier alpha value is -3.18. The summed E-state index contributed by atoms with van der Waals surface area (Å²) in [6, 6.07) is 0.115. The van der Waals surface area contributed by atoms with Crippen LogP contribution in [0.1, 0.15) is 38.2 Å². The molecule has 0 fully saturated rings. The minimum absolute atomic E-state index is 0.00852. The second kappa shape index (κ2) is 9.70. The summed E-state index contributed by atoms with van der Waals surface area (Å²) >= 11 is 4.30. The zero-order valence-corrected chi connectivity index (χ0v) is 17.5. The Morgan fingerprint density at radius 2 is 0.944 bits per heavy atom. The van der Waals surface area contributed by atoms with Gasteiger partial charge >= 0.3 is 201 Å². The van der Waals surface area contributed by atoms with E-state index < -0.39 is 75.2 Å². The van der Waals surface area contributed by atoms with Gasteiger partial charge < -0.3 is 0 Å². The van der Waals surface area contributed by atoms with Crippen LogP contribution in [0.4, 0.5) is 52.7 Å². The molecule has 198 valence electrons. The predicted octanol–water partition coefficient (Wildman–Crippen LogP) is 7.36. The van der Waals surface area contributed by atoms with Crippen LogP contribution in [-0.4, -0.2) is 5.78 Å². The van der Waals surface area contributed by atoms with Crippen LogP contribution in [0.25, 0.3) is 5.76 Å². The van der Waals surface area contributed by atoms with Crippen molar-refractivity contribution in [1.29, 1.82) is 5.26 Å². The van der Waals surface area contributed by atoms with Gasteiger partial charge in [-0.15, -0.1) is 0 Å². The number of halogens is 12. The monoisotopic (exact) mass is 583 g/mol. The van der Waals surface area contributed by atoms with E-state index in [1.54, 1.807) is 0 Å². The molecule has 2 aromatic rings. The fraction of sp³-hybridized carbons (Fsp3) is 0.200. The van der Waals surface area contributed by atoms with Gasteiger partial charge in [-0.05, 0) is 0 Å². The van der Waals surface area contributed by atoms with Gasteiger partial charge in [0.2, 0.25) is 0 Å². The number of Topliss-reactive ketones (excluding diaryl/α,β-unsaturated/α-hetero) is 1. The van der Waals surface area contributed by atoms with Crippen molar-refractivity contribution in [2.75, 3.05) is 0 Å². The maximum absolute atomic E-state index is 13.1. The first kappa shape index (κ1) is 29.1. The number of alkyl halides is 12. The van der Waals surface area contributed by atoms with Gasteiger partial charge in [0.15, 0.2) is 0 Å². The molecule has 0 aliphatic carbocycles. The molecule has 16 heteroatoms. The molecule has 0 radical (unpaired) electrons. The molecule has 0 saturated heterocycles. The average molecular weight is 584 g/mol. The van der Waals surface area contributed by atoms with E-state index in [2.05, 4.69) is 20.2 Å². The van der Waals surface area contributed by atoms with Gasteiger partial charge in [-0.3, -0.25) is 0 Å². The van der Waals surface area contributed by atoms with Crippen LogP contribution in [-0.2, 0) is 44.9 Å². The molecular weight excluding hydrogens is 578 g/mol. The molecule has 0 unspecified atom stereocenters. The number of allylic oxidation sites excluding steroid dienone is 1. The Morgan fingerprint density at radius 1 is 0.639 bits per heavy atom. The zero-order chi connectivity index (χ0) is 27.9. The van der Waals surface area contributed by atoms with Crippen molar-refractivity contribution in [3.63, 3.8) is 0 Å². The first-order chi connectivity index (χ1) is 16.2. The molecule has 36 heavy (non-hydrogen) atoms. The summed E-state index contributed by atoms with van der Waals surface area (Å²) in [6.45, 7) is 0. The molecule has 2 aromatic carbocycles. The van der Waals surface area contributed by atoms with Crippen molar-refractivity contribution in [3.8, 4) is 6.07 Å². The summed E-state index contributed by atoms with van der Waals surface area (Å²) < 4.78 is 161. The van der Waals surface area contributed by atoms with Crippen LogP contribution in [0.15, 0.2) is 42.0 Å². The van der Waals surface area contributed by atoms with Crippen LogP contribution in [0, 0.1) is 11.3 Å². The molecular formula is C20H6CuF12NO2. The van der Waals surface area contributed by atoms with Crippen molar-refractivity contribution >= 4 is 11.5 Å². The van der Waals surface area contributed by atoms with E-state index >= 15 is 0 Å². The number of nitrogens with zero attached hydrogens (tertiary/aromatic N) is 1. The fourth-order valence-corrected chi connectivity index (χ4v) is 2.94. The van der Waals surface area contributed by atoms with Crippen molar-refractivity contribution in [2.45, 2.75) is 24.7 Å². The molecule has 0 atom stereocenters. The third-order valence-corrected chi connectivity index (χ3v) is 4.52. The maximum atomic E-state index is 13.1. The van der Waals surface area contributed by atoms with E-state index in [4.69, 9.17) is 0 Å². The van der Waals surface area contributed by atoms with Crippen molar-refractivity contribution in [1.82, 2.24) is 0 Å². The SMILES string of the molecule is N#C/C(C(=O)c1cc(C(F)(F)F)cc(C(F)(F)F)c1)=C(/[O][Cu])c1cc(C(F)(F)F)cc(C(F)(F)F)c1. The molecule has 0 aliphatic heterocycles. The van der Waals surface area contributed by atoms with Gasteiger partial charge in [0, 0.05) is 0 Å². The Morgan fingerprint density at radius 3 is 1.19 bits per heavy atom. The molecule has 0 amide bonds. The fourth-order valence-electron chi connectivity index (χ4n) is 2.73. The third kappa shape index (κ3) is 6.52. The van der Waals surface area contributed by atoms with Gasteiger partial charge in [-0.25, -0.2) is 0 Å². The quantitative estimate of drug-likeness (QED) is 0.0944. The van der Waals surface area contributed by atoms with Gasteiger partial charge in [0.05, 0.1) is 0 Å². The summed E-state index contributed by atoms with van der Waals surface area (Å²) in [6.07, 6.45) is -21.6. The van der Waals surface area contributed by atoms with Gasteiger partial charge in [0.25, 0.3) is 0 Å². The summed E-state index contributed by atoms with van der Waals surface area (Å²) in [5, 5.41) is 9.29. The second-order valence-electron chi connectivity index (χ2n) is 6.80. The summed E-state index contributed by atoms with van der Waals surface area (Å²) in [4.78, 5) is 12.7. The van der Waals surface area contributed by atoms with Gasteiger partial charge in [-0.1, -0.05) is 0 Å². The molecule has 0 heterocycles. The molecule has 2 rings (SSSR count). The molecule has 0 aliphatic rings. The van der Waals surface area contributed by atoms with Crippen LogP contribution in [0.3, 0.4) is 0 Å². The number of nitriles is 1. The molecule has 0 aromatic heterocycles. The second-order valence-corrected chi connectivity index (χ2v) is 6.99. The van der Waals surface area contributed by atoms with E-state index in [0.717, 1.165) is 6.07 Å². The van der Waals surface area contributed by atoms with E-state index in [0.29, 0.717) is 0 Å². The van der Waals surface area contributed by atoms with E-state index in [1.807, 2.05) is 0 Å². The van der Waals surface area contributed by atoms with E-state index in [1.165, 1.54) is 0 Å². The number of hydrogen-bond donors (Lipinski definition) is 0. The van der Waals surface area contributed by atoms with Crippen LogP contribution < -0.4 is 0 Å². The number of hydrogen-bond acceptors (Lipinski definition) is 3. The van der Waals surface area contributed by atoms with Crippen molar-refractivity contribution in [3.05, 3.63) is 75.4 Å². The van der Waals surface area contributed by atoms with Gasteiger partial charge in [-0.2, -0.15) is 0 Å². The molecule has 3 nitrogen and oxygen atoms in total. The molecule has 0 bridgehead atoms. The molecule has 0 N–H and O–H groups in total. The first-order valence-electron chi connectivity index (χ1n) is 8.74. The summed E-state index contributed by atoms with van der Waals surface area (Å²) in [7, 11) is 0. The molecule has 0 saturated carbocycles. The van der Waals surface area contributed by atoms with Crippen LogP contribution in [0.5, 0.6) is 0 Å². The first-order valence-corrected chi connectivity index (χ1v) is 9.12. The van der Waals surface area contributed by atoms with E-state index in [-0.39, 0.29) is 36.4 Å². The minimum atomic E-state index is -5.41. The topological polar surface area (TPSA) is 50.1 Å². The zero-order valence-electron chi connectivity index (χ0n) is 16.6. The Kier molecular flexibility index (Phi) is 7.83.